The summed E-state index contributed by atoms with van der Waals surface area (Å²) < 4.78 is 15.9. The first-order valence-corrected chi connectivity index (χ1v) is 10.6. The zero-order valence-corrected chi connectivity index (χ0v) is 18.3. The Morgan fingerprint density at radius 1 is 1.10 bits per heavy atom. The molecule has 0 aliphatic rings. The van der Waals surface area contributed by atoms with Gasteiger partial charge in [-0.05, 0) is 24.3 Å². The second-order valence-electron chi connectivity index (χ2n) is 6.37. The van der Waals surface area contributed by atoms with E-state index in [-0.39, 0.29) is 11.7 Å². The number of amides is 1. The average molecular weight is 456 g/mol. The molecule has 0 fully saturated rings. The van der Waals surface area contributed by atoms with Crippen LogP contribution in [0.15, 0.2) is 64.2 Å². The lowest BCUT2D eigenvalue weighted by Gasteiger charge is -2.13. The number of para-hydroxylation sites is 1. The van der Waals surface area contributed by atoms with Gasteiger partial charge in [0.1, 0.15) is 16.5 Å². The van der Waals surface area contributed by atoms with E-state index in [1.54, 1.807) is 30.5 Å². The third kappa shape index (κ3) is 4.60. The smallest absolute Gasteiger partial charge is 0.234 e. The van der Waals surface area contributed by atoms with Gasteiger partial charge >= 0.3 is 0 Å². The predicted molar refractivity (Wildman–Crippen MR) is 121 cm³/mol. The van der Waals surface area contributed by atoms with Crippen LogP contribution in [0.4, 0.5) is 5.69 Å². The molecule has 1 N–H and O–H groups in total. The van der Waals surface area contributed by atoms with Gasteiger partial charge in [-0.2, -0.15) is 0 Å². The van der Waals surface area contributed by atoms with Crippen LogP contribution in [0.5, 0.6) is 11.5 Å². The first-order chi connectivity index (χ1) is 15.1. The van der Waals surface area contributed by atoms with Gasteiger partial charge in [0.05, 0.1) is 42.5 Å². The fraction of sp³-hybridized carbons (Fsp3) is 0.136. The van der Waals surface area contributed by atoms with Gasteiger partial charge in [-0.25, -0.2) is 9.97 Å². The monoisotopic (exact) mass is 455 g/mol. The summed E-state index contributed by atoms with van der Waals surface area (Å²) in [5, 5.41) is 4.75. The van der Waals surface area contributed by atoms with Gasteiger partial charge < -0.3 is 19.2 Å². The normalized spacial score (nSPS) is 10.8. The Morgan fingerprint density at radius 3 is 2.65 bits per heavy atom. The second-order valence-corrected chi connectivity index (χ2v) is 7.74. The molecule has 2 aromatic heterocycles. The molecule has 0 saturated carbocycles. The van der Waals surface area contributed by atoms with Crippen molar-refractivity contribution in [3.8, 4) is 23.1 Å². The number of nitrogens with one attached hydrogen (secondary N) is 1. The first kappa shape index (κ1) is 21.0. The van der Waals surface area contributed by atoms with Crippen LogP contribution in [0.25, 0.3) is 22.5 Å². The van der Waals surface area contributed by atoms with E-state index < -0.39 is 0 Å². The molecule has 4 aromatic rings. The molecule has 0 radical (unpaired) electrons. The molecule has 0 atom stereocenters. The maximum absolute atomic E-state index is 12.6. The molecule has 4 rings (SSSR count). The van der Waals surface area contributed by atoms with Crippen molar-refractivity contribution < 1.29 is 18.7 Å². The average Bonchev–Trinajstić information content (AvgIpc) is 3.32. The highest BCUT2D eigenvalue weighted by atomic mass is 35.5. The van der Waals surface area contributed by atoms with Crippen LogP contribution in [0, 0.1) is 0 Å². The number of hydrogen-bond acceptors (Lipinski definition) is 7. The number of thioether (sulfide) groups is 1. The van der Waals surface area contributed by atoms with Crippen LogP contribution < -0.4 is 14.8 Å². The summed E-state index contributed by atoms with van der Waals surface area (Å²) in [7, 11) is 3.02. The van der Waals surface area contributed by atoms with Gasteiger partial charge in [0, 0.05) is 11.5 Å². The molecule has 9 heteroatoms. The highest BCUT2D eigenvalue weighted by Crippen LogP contribution is 2.36. The predicted octanol–water partition coefficient (Wildman–Crippen LogP) is 5.29. The molecule has 0 unspecified atom stereocenters. The van der Waals surface area contributed by atoms with Crippen molar-refractivity contribution >= 4 is 45.9 Å². The number of rotatable bonds is 7. The molecule has 0 bridgehead atoms. The van der Waals surface area contributed by atoms with Gasteiger partial charge in [-0.3, -0.25) is 4.79 Å². The summed E-state index contributed by atoms with van der Waals surface area (Å²) in [6, 6.07) is 14.4. The van der Waals surface area contributed by atoms with E-state index in [1.807, 2.05) is 24.3 Å². The van der Waals surface area contributed by atoms with E-state index in [0.717, 1.165) is 10.9 Å². The number of nitrogens with zero attached hydrogens (tertiary/aromatic N) is 2. The van der Waals surface area contributed by atoms with E-state index in [1.165, 1.54) is 26.0 Å². The molecule has 0 saturated heterocycles. The van der Waals surface area contributed by atoms with Gasteiger partial charge in [-0.15, -0.1) is 0 Å². The van der Waals surface area contributed by atoms with Crippen LogP contribution in [-0.4, -0.2) is 35.8 Å². The minimum atomic E-state index is -0.230. The summed E-state index contributed by atoms with van der Waals surface area (Å²) in [4.78, 5) is 21.8. The van der Waals surface area contributed by atoms with Crippen molar-refractivity contribution in [1.29, 1.82) is 0 Å². The Hall–Kier alpha value is -3.23. The fourth-order valence-corrected chi connectivity index (χ4v) is 4.01. The van der Waals surface area contributed by atoms with Crippen molar-refractivity contribution in [1.82, 2.24) is 9.97 Å². The number of fused-ring (bicyclic) bond motifs is 1. The number of ether oxygens (including phenoxy) is 2. The molecule has 31 heavy (non-hydrogen) atoms. The molecule has 1 amide bonds. The molecule has 0 aliphatic heterocycles. The number of halogens is 1. The third-order valence-electron chi connectivity index (χ3n) is 4.40. The van der Waals surface area contributed by atoms with Crippen molar-refractivity contribution in [2.24, 2.45) is 0 Å². The van der Waals surface area contributed by atoms with E-state index in [2.05, 4.69) is 15.3 Å². The van der Waals surface area contributed by atoms with Crippen LogP contribution in [0.2, 0.25) is 5.02 Å². The Morgan fingerprint density at radius 2 is 1.90 bits per heavy atom. The summed E-state index contributed by atoms with van der Waals surface area (Å²) in [6.07, 6.45) is 1.57. The van der Waals surface area contributed by atoms with E-state index in [0.29, 0.717) is 38.8 Å². The number of carbonyl (C=O) groups is 1. The number of methoxy groups -OCH3 is 2. The molecule has 0 aliphatic carbocycles. The molecule has 2 heterocycles. The highest BCUT2D eigenvalue weighted by Gasteiger charge is 2.15. The SMILES string of the molecule is COc1cc(OC)c(NC(=O)CSc2nc(-c3ccco3)nc3ccccc23)cc1Cl. The standard InChI is InChI=1S/C22H18ClN3O4S/c1-28-18-11-19(29-2)16(10-14(18)23)24-20(27)12-31-22-13-6-3-4-7-15(13)25-21(26-22)17-8-5-9-30-17/h3-11H,12H2,1-2H3,(H,24,27). The van der Waals surface area contributed by atoms with Gasteiger partial charge in [0.2, 0.25) is 5.91 Å². The Bertz CT molecular complexity index is 1230. The molecule has 7 nitrogen and oxygen atoms in total. The minimum Gasteiger partial charge on any atom is -0.495 e. The summed E-state index contributed by atoms with van der Waals surface area (Å²) in [5.74, 6) is 1.85. The van der Waals surface area contributed by atoms with Crippen molar-refractivity contribution in [3.05, 3.63) is 59.8 Å². The lowest BCUT2D eigenvalue weighted by atomic mass is 10.2. The Kier molecular flexibility index (Phi) is 6.29. The quantitative estimate of drug-likeness (QED) is 0.299. The first-order valence-electron chi connectivity index (χ1n) is 9.24. The summed E-state index contributed by atoms with van der Waals surface area (Å²) in [5.41, 5.74) is 1.23. The fourth-order valence-electron chi connectivity index (χ4n) is 2.95. The Balaban J connectivity index is 1.55. The van der Waals surface area contributed by atoms with Crippen LogP contribution in [0.3, 0.4) is 0 Å². The third-order valence-corrected chi connectivity index (χ3v) is 5.68. The van der Waals surface area contributed by atoms with Crippen molar-refractivity contribution in [2.45, 2.75) is 5.03 Å². The lowest BCUT2D eigenvalue weighted by molar-refractivity contribution is -0.113. The summed E-state index contributed by atoms with van der Waals surface area (Å²) >= 11 is 7.49. The number of anilines is 1. The Labute approximate surface area is 187 Å². The maximum atomic E-state index is 12.6. The van der Waals surface area contributed by atoms with Crippen LogP contribution in [0.1, 0.15) is 0 Å². The number of aromatic nitrogens is 2. The highest BCUT2D eigenvalue weighted by molar-refractivity contribution is 8.00. The van der Waals surface area contributed by atoms with Crippen molar-refractivity contribution in [3.63, 3.8) is 0 Å². The maximum Gasteiger partial charge on any atom is 0.234 e. The second kappa shape index (κ2) is 9.28. The van der Waals surface area contributed by atoms with Crippen LogP contribution in [-0.2, 0) is 4.79 Å². The number of carbonyl (C=O) groups excluding carboxylic acids is 1. The zero-order valence-electron chi connectivity index (χ0n) is 16.7. The van der Waals surface area contributed by atoms with Gasteiger partial charge in [-0.1, -0.05) is 41.6 Å². The van der Waals surface area contributed by atoms with E-state index in [4.69, 9.17) is 25.5 Å². The lowest BCUT2D eigenvalue weighted by Crippen LogP contribution is -2.15. The number of benzene rings is 2. The molecule has 0 spiro atoms. The molecular weight excluding hydrogens is 438 g/mol. The minimum absolute atomic E-state index is 0.130. The van der Waals surface area contributed by atoms with E-state index in [9.17, 15) is 4.79 Å². The van der Waals surface area contributed by atoms with Crippen molar-refractivity contribution in [2.75, 3.05) is 25.3 Å². The van der Waals surface area contributed by atoms with E-state index >= 15 is 0 Å². The van der Waals surface area contributed by atoms with Gasteiger partial charge in [0.25, 0.3) is 0 Å². The largest absolute Gasteiger partial charge is 0.495 e. The topological polar surface area (TPSA) is 86.5 Å². The number of furan rings is 1. The summed E-state index contributed by atoms with van der Waals surface area (Å²) in [6.45, 7) is 0. The molecular formula is C22H18ClN3O4S. The zero-order chi connectivity index (χ0) is 21.8. The van der Waals surface area contributed by atoms with Gasteiger partial charge in [0.15, 0.2) is 11.6 Å². The molecule has 2 aromatic carbocycles. The van der Waals surface area contributed by atoms with Crippen LogP contribution >= 0.6 is 23.4 Å². The number of hydrogen-bond donors (Lipinski definition) is 1. The molecule has 158 valence electrons.